The second-order valence-electron chi connectivity index (χ2n) is 4.57. The summed E-state index contributed by atoms with van der Waals surface area (Å²) in [4.78, 5) is 10.9. The number of benzene rings is 1. The summed E-state index contributed by atoms with van der Waals surface area (Å²) in [6.07, 6.45) is 0.780. The van der Waals surface area contributed by atoms with E-state index in [0.717, 1.165) is 17.4 Å². The first kappa shape index (κ1) is 12.3. The predicted octanol–water partition coefficient (Wildman–Crippen LogP) is 1.71. The highest BCUT2D eigenvalue weighted by Crippen LogP contribution is 2.51. The minimum absolute atomic E-state index is 0.102. The fourth-order valence-corrected chi connectivity index (χ4v) is 4.11. The normalized spacial score (nSPS) is 27.8. The monoisotopic (exact) mass is 252 g/mol. The lowest BCUT2D eigenvalue weighted by molar-refractivity contribution is -0.108. The van der Waals surface area contributed by atoms with Crippen LogP contribution in [0, 0.1) is 12.8 Å². The third-order valence-corrected chi connectivity index (χ3v) is 5.69. The van der Waals surface area contributed by atoms with Crippen LogP contribution in [0.25, 0.3) is 0 Å². The standard InChI is InChI=1S/C13H16O3S/c1-3-17(15,16)13-11(8-14)12(13)10-6-4-9(2)5-7-10/h4-8,11-13H,3H2,1-2H3/t11-,12+,13+/m0/s1. The molecule has 1 aromatic carbocycles. The third-order valence-electron chi connectivity index (χ3n) is 3.44. The molecule has 1 fully saturated rings. The largest absolute Gasteiger partial charge is 0.303 e. The van der Waals surface area contributed by atoms with E-state index in [0.29, 0.717) is 0 Å². The maximum atomic E-state index is 11.8. The molecule has 17 heavy (non-hydrogen) atoms. The zero-order valence-corrected chi connectivity index (χ0v) is 10.8. The molecule has 1 aromatic rings. The molecule has 0 aromatic heterocycles. The van der Waals surface area contributed by atoms with Gasteiger partial charge in [0.25, 0.3) is 0 Å². The van der Waals surface area contributed by atoms with E-state index in [1.807, 2.05) is 31.2 Å². The van der Waals surface area contributed by atoms with Crippen molar-refractivity contribution in [3.8, 4) is 0 Å². The van der Waals surface area contributed by atoms with Gasteiger partial charge in [-0.2, -0.15) is 0 Å². The second-order valence-corrected chi connectivity index (χ2v) is 7.01. The second kappa shape index (κ2) is 4.26. The lowest BCUT2D eigenvalue weighted by Gasteiger charge is -2.01. The quantitative estimate of drug-likeness (QED) is 0.767. The van der Waals surface area contributed by atoms with Gasteiger partial charge in [0.1, 0.15) is 6.29 Å². The van der Waals surface area contributed by atoms with Gasteiger partial charge in [0.2, 0.25) is 0 Å². The first-order valence-corrected chi connectivity index (χ1v) is 7.46. The fourth-order valence-electron chi connectivity index (χ4n) is 2.32. The zero-order chi connectivity index (χ0) is 12.6. The van der Waals surface area contributed by atoms with E-state index in [1.165, 1.54) is 0 Å². The van der Waals surface area contributed by atoms with E-state index in [2.05, 4.69) is 0 Å². The highest BCUT2D eigenvalue weighted by molar-refractivity contribution is 7.92. The van der Waals surface area contributed by atoms with Crippen LogP contribution in [0.3, 0.4) is 0 Å². The van der Waals surface area contributed by atoms with Gasteiger partial charge in [0.05, 0.1) is 5.25 Å². The van der Waals surface area contributed by atoms with Gasteiger partial charge in [-0.25, -0.2) is 8.42 Å². The van der Waals surface area contributed by atoms with Gasteiger partial charge in [-0.15, -0.1) is 0 Å². The molecule has 3 nitrogen and oxygen atoms in total. The smallest absolute Gasteiger partial charge is 0.154 e. The summed E-state index contributed by atoms with van der Waals surface area (Å²) in [6, 6.07) is 7.74. The van der Waals surface area contributed by atoms with Crippen LogP contribution < -0.4 is 0 Å². The van der Waals surface area contributed by atoms with Crippen molar-refractivity contribution in [3.63, 3.8) is 0 Å². The van der Waals surface area contributed by atoms with Crippen molar-refractivity contribution in [2.75, 3.05) is 5.75 Å². The summed E-state index contributed by atoms with van der Waals surface area (Å²) in [5.74, 6) is -0.398. The van der Waals surface area contributed by atoms with Crippen LogP contribution in [0.1, 0.15) is 24.0 Å². The van der Waals surface area contributed by atoms with Crippen molar-refractivity contribution in [1.29, 1.82) is 0 Å². The molecule has 92 valence electrons. The van der Waals surface area contributed by atoms with Crippen LogP contribution in [-0.4, -0.2) is 25.7 Å². The lowest BCUT2D eigenvalue weighted by Crippen LogP contribution is -2.12. The van der Waals surface area contributed by atoms with Gasteiger partial charge in [-0.1, -0.05) is 36.8 Å². The maximum absolute atomic E-state index is 11.8. The number of aldehydes is 1. The third kappa shape index (κ3) is 2.14. The Morgan fingerprint density at radius 1 is 1.24 bits per heavy atom. The van der Waals surface area contributed by atoms with Crippen molar-refractivity contribution in [1.82, 2.24) is 0 Å². The molecule has 0 heterocycles. The summed E-state index contributed by atoms with van der Waals surface area (Å²) in [5.41, 5.74) is 2.08. The first-order valence-electron chi connectivity index (χ1n) is 5.74. The summed E-state index contributed by atoms with van der Waals surface area (Å²) >= 11 is 0. The molecule has 0 bridgehead atoms. The highest BCUT2D eigenvalue weighted by Gasteiger charge is 2.57. The minimum Gasteiger partial charge on any atom is -0.303 e. The van der Waals surface area contributed by atoms with Crippen molar-refractivity contribution in [2.24, 2.45) is 5.92 Å². The minimum atomic E-state index is -3.12. The van der Waals surface area contributed by atoms with Crippen molar-refractivity contribution < 1.29 is 13.2 Å². The van der Waals surface area contributed by atoms with Crippen LogP contribution in [0.15, 0.2) is 24.3 Å². The van der Waals surface area contributed by atoms with E-state index in [-0.39, 0.29) is 17.6 Å². The Balaban J connectivity index is 2.29. The Hall–Kier alpha value is -1.16. The average Bonchev–Trinajstić information content (AvgIpc) is 3.05. The predicted molar refractivity (Wildman–Crippen MR) is 66.7 cm³/mol. The average molecular weight is 252 g/mol. The van der Waals surface area contributed by atoms with Gasteiger partial charge >= 0.3 is 0 Å². The first-order chi connectivity index (χ1) is 8.01. The summed E-state index contributed by atoms with van der Waals surface area (Å²) in [6.45, 7) is 3.61. The topological polar surface area (TPSA) is 51.2 Å². The molecule has 0 saturated heterocycles. The Kier molecular flexibility index (Phi) is 3.08. The number of rotatable bonds is 4. The van der Waals surface area contributed by atoms with E-state index in [4.69, 9.17) is 0 Å². The lowest BCUT2D eigenvalue weighted by atomic mass is 10.1. The van der Waals surface area contributed by atoms with Gasteiger partial charge in [0, 0.05) is 17.6 Å². The molecule has 0 radical (unpaired) electrons. The number of aryl methyl sites for hydroxylation is 1. The zero-order valence-electron chi connectivity index (χ0n) is 9.96. The van der Waals surface area contributed by atoms with Crippen LogP contribution >= 0.6 is 0 Å². The molecule has 2 rings (SSSR count). The van der Waals surface area contributed by atoms with Crippen LogP contribution in [0.4, 0.5) is 0 Å². The number of sulfone groups is 1. The van der Waals surface area contributed by atoms with Gasteiger partial charge in [-0.3, -0.25) is 0 Å². The summed E-state index contributed by atoms with van der Waals surface area (Å²) < 4.78 is 23.6. The number of carbonyl (C=O) groups is 1. The van der Waals surface area contributed by atoms with Crippen molar-refractivity contribution in [3.05, 3.63) is 35.4 Å². The number of hydrogen-bond acceptors (Lipinski definition) is 3. The van der Waals surface area contributed by atoms with Crippen molar-refractivity contribution in [2.45, 2.75) is 25.0 Å². The van der Waals surface area contributed by atoms with Gasteiger partial charge in [-0.05, 0) is 12.5 Å². The van der Waals surface area contributed by atoms with Gasteiger partial charge < -0.3 is 4.79 Å². The molecular formula is C13H16O3S. The van der Waals surface area contributed by atoms with Gasteiger partial charge in [0.15, 0.2) is 9.84 Å². The van der Waals surface area contributed by atoms with Crippen LogP contribution in [0.5, 0.6) is 0 Å². The molecule has 1 aliphatic carbocycles. The SMILES string of the molecule is CCS(=O)(=O)[C@@H]1[C@@H](C=O)[C@H]1c1ccc(C)cc1. The molecule has 3 atom stereocenters. The maximum Gasteiger partial charge on any atom is 0.154 e. The van der Waals surface area contributed by atoms with Crippen LogP contribution in [-0.2, 0) is 14.6 Å². The van der Waals surface area contributed by atoms with E-state index < -0.39 is 15.1 Å². The molecule has 1 saturated carbocycles. The summed E-state index contributed by atoms with van der Waals surface area (Å²) in [5, 5.41) is -0.507. The Bertz CT molecular complexity index is 516. The molecule has 4 heteroatoms. The number of hydrogen-bond donors (Lipinski definition) is 0. The van der Waals surface area contributed by atoms with Crippen LogP contribution in [0.2, 0.25) is 0 Å². The van der Waals surface area contributed by atoms with E-state index >= 15 is 0 Å². The Morgan fingerprint density at radius 2 is 1.82 bits per heavy atom. The summed E-state index contributed by atoms with van der Waals surface area (Å²) in [7, 11) is -3.12. The van der Waals surface area contributed by atoms with Crippen molar-refractivity contribution >= 4 is 16.1 Å². The molecule has 0 aliphatic heterocycles. The molecule has 0 spiro atoms. The molecule has 0 N–H and O–H groups in total. The fraction of sp³-hybridized carbons (Fsp3) is 0.462. The van der Waals surface area contributed by atoms with E-state index in [1.54, 1.807) is 6.92 Å². The highest BCUT2D eigenvalue weighted by atomic mass is 32.2. The molecule has 0 unspecified atom stereocenters. The van der Waals surface area contributed by atoms with E-state index in [9.17, 15) is 13.2 Å². The molecular weight excluding hydrogens is 236 g/mol. The Labute approximate surface area is 102 Å². The Morgan fingerprint density at radius 3 is 2.29 bits per heavy atom. The molecule has 1 aliphatic rings. The number of carbonyl (C=O) groups excluding carboxylic acids is 1. The molecule has 0 amide bonds.